The lowest BCUT2D eigenvalue weighted by molar-refractivity contribution is 0.251. The number of fused-ring (bicyclic) bond motifs is 1. The van der Waals surface area contributed by atoms with Crippen molar-refractivity contribution in [1.82, 2.24) is 19.5 Å². The van der Waals surface area contributed by atoms with E-state index in [1.807, 2.05) is 24.3 Å². The average Bonchev–Trinajstić information content (AvgIpc) is 3.35. The lowest BCUT2D eigenvalue weighted by Gasteiger charge is -2.35. The molecule has 2 aromatic heterocycles. The molecule has 1 aliphatic rings. The minimum Gasteiger partial charge on any atom is -0.497 e. The van der Waals surface area contributed by atoms with E-state index in [9.17, 15) is 0 Å². The largest absolute Gasteiger partial charge is 0.497 e. The quantitative estimate of drug-likeness (QED) is 0.416. The van der Waals surface area contributed by atoms with Crippen LogP contribution in [0.5, 0.6) is 5.75 Å². The van der Waals surface area contributed by atoms with Crippen LogP contribution in [0.3, 0.4) is 0 Å². The maximum Gasteiger partial charge on any atom is 0.216 e. The van der Waals surface area contributed by atoms with Gasteiger partial charge in [-0.1, -0.05) is 39.4 Å². The summed E-state index contributed by atoms with van der Waals surface area (Å²) in [5, 5.41) is 8.76. The van der Waals surface area contributed by atoms with Gasteiger partial charge in [0, 0.05) is 59.5 Å². The van der Waals surface area contributed by atoms with E-state index < -0.39 is 0 Å². The molecule has 0 spiro atoms. The summed E-state index contributed by atoms with van der Waals surface area (Å²) in [6.45, 7) is 5.10. The van der Waals surface area contributed by atoms with Gasteiger partial charge in [-0.2, -0.15) is 0 Å². The molecule has 0 radical (unpaired) electrons. The van der Waals surface area contributed by atoms with Crippen LogP contribution in [0.1, 0.15) is 4.88 Å². The maximum atomic E-state index is 5.26. The molecule has 2 aromatic carbocycles. The van der Waals surface area contributed by atoms with Gasteiger partial charge in [0.15, 0.2) is 5.82 Å². The number of benzene rings is 2. The van der Waals surface area contributed by atoms with Crippen LogP contribution >= 0.6 is 27.3 Å². The van der Waals surface area contributed by atoms with E-state index in [1.165, 1.54) is 10.6 Å². The molecule has 3 heterocycles. The summed E-state index contributed by atoms with van der Waals surface area (Å²) in [6.07, 6.45) is 2.19. The highest BCUT2D eigenvalue weighted by Crippen LogP contribution is 2.26. The van der Waals surface area contributed by atoms with Crippen LogP contribution in [0, 0.1) is 0 Å². The number of piperazine rings is 1. The minimum atomic E-state index is 0.893. The lowest BCUT2D eigenvalue weighted by atomic mass is 10.2. The number of rotatable bonds is 5. The van der Waals surface area contributed by atoms with Crippen molar-refractivity contribution >= 4 is 37.9 Å². The van der Waals surface area contributed by atoms with Crippen molar-refractivity contribution in [2.24, 2.45) is 0 Å². The predicted molar refractivity (Wildman–Crippen MR) is 124 cm³/mol. The summed E-state index contributed by atoms with van der Waals surface area (Å²) < 4.78 is 8.43. The van der Waals surface area contributed by atoms with Gasteiger partial charge in [-0.05, 0) is 36.4 Å². The topological polar surface area (TPSA) is 45.9 Å². The zero-order chi connectivity index (χ0) is 20.5. The molecule has 0 aliphatic carbocycles. The van der Waals surface area contributed by atoms with E-state index in [4.69, 9.17) is 4.74 Å². The van der Waals surface area contributed by atoms with Gasteiger partial charge in [-0.25, -0.2) is 0 Å². The molecule has 0 amide bonds. The van der Waals surface area contributed by atoms with E-state index in [2.05, 4.69) is 70.8 Å². The highest BCUT2D eigenvalue weighted by Gasteiger charge is 2.19. The number of thiazole rings is 1. The third kappa shape index (κ3) is 3.95. The Bertz CT molecular complexity index is 1130. The number of nitrogens with zero attached hydrogens (tertiary/aromatic N) is 5. The Hall–Kier alpha value is -2.42. The zero-order valence-electron chi connectivity index (χ0n) is 16.7. The first-order valence-electron chi connectivity index (χ1n) is 9.90. The third-order valence-electron chi connectivity index (χ3n) is 5.45. The molecule has 30 heavy (non-hydrogen) atoms. The fourth-order valence-corrected chi connectivity index (χ4v) is 5.02. The summed E-state index contributed by atoms with van der Waals surface area (Å²) in [7, 11) is 1.70. The lowest BCUT2D eigenvalue weighted by Crippen LogP contribution is -2.45. The van der Waals surface area contributed by atoms with Crippen molar-refractivity contribution in [1.29, 1.82) is 0 Å². The smallest absolute Gasteiger partial charge is 0.216 e. The van der Waals surface area contributed by atoms with Crippen LogP contribution in [-0.4, -0.2) is 52.8 Å². The van der Waals surface area contributed by atoms with Crippen LogP contribution in [0.25, 0.3) is 16.3 Å². The van der Waals surface area contributed by atoms with E-state index in [0.29, 0.717) is 0 Å². The first-order chi connectivity index (χ1) is 14.7. The van der Waals surface area contributed by atoms with E-state index >= 15 is 0 Å². The molecular formula is C22H22BrN5OS. The van der Waals surface area contributed by atoms with Crippen LogP contribution in [0.2, 0.25) is 0 Å². The van der Waals surface area contributed by atoms with Crippen molar-refractivity contribution in [2.45, 2.75) is 6.54 Å². The summed E-state index contributed by atoms with van der Waals surface area (Å²) >= 11 is 5.21. The van der Waals surface area contributed by atoms with E-state index in [-0.39, 0.29) is 0 Å². The molecule has 0 unspecified atom stereocenters. The fourth-order valence-electron chi connectivity index (χ4n) is 3.80. The highest BCUT2D eigenvalue weighted by molar-refractivity contribution is 9.10. The molecule has 1 fully saturated rings. The molecular weight excluding hydrogens is 462 g/mol. The van der Waals surface area contributed by atoms with Gasteiger partial charge < -0.3 is 9.64 Å². The highest BCUT2D eigenvalue weighted by atomic mass is 79.9. The second-order valence-corrected chi connectivity index (χ2v) is 9.35. The molecule has 0 atom stereocenters. The Morgan fingerprint density at radius 3 is 2.40 bits per heavy atom. The standard InChI is InChI=1S/C22H22BrN5OS/c1-29-19-8-6-18(7-9-19)27-12-10-26(11-13-27)14-20-15-28-21(24-25-22(28)30-20)16-2-4-17(23)5-3-16/h2-9,15H,10-14H2,1H3. The average molecular weight is 484 g/mol. The van der Waals surface area contributed by atoms with Gasteiger partial charge in [-0.15, -0.1) is 10.2 Å². The molecule has 0 N–H and O–H groups in total. The molecule has 6 nitrogen and oxygen atoms in total. The van der Waals surface area contributed by atoms with Gasteiger partial charge in [0.2, 0.25) is 4.96 Å². The van der Waals surface area contributed by atoms with Gasteiger partial charge in [0.25, 0.3) is 0 Å². The van der Waals surface area contributed by atoms with Gasteiger partial charge in [-0.3, -0.25) is 9.30 Å². The van der Waals surface area contributed by atoms with Gasteiger partial charge >= 0.3 is 0 Å². The van der Waals surface area contributed by atoms with Crippen molar-refractivity contribution in [3.8, 4) is 17.1 Å². The number of aromatic nitrogens is 3. The Balaban J connectivity index is 1.25. The molecule has 8 heteroatoms. The molecule has 1 saturated heterocycles. The second kappa shape index (κ2) is 8.37. The first-order valence-corrected chi connectivity index (χ1v) is 11.5. The molecule has 4 aromatic rings. The summed E-state index contributed by atoms with van der Waals surface area (Å²) in [5.74, 6) is 1.79. The fraction of sp³-hybridized carbons (Fsp3) is 0.273. The Kier molecular flexibility index (Phi) is 5.45. The van der Waals surface area contributed by atoms with Crippen molar-refractivity contribution in [2.75, 3.05) is 38.2 Å². The monoisotopic (exact) mass is 483 g/mol. The number of methoxy groups -OCH3 is 1. The van der Waals surface area contributed by atoms with Gasteiger partial charge in [0.1, 0.15) is 5.75 Å². The summed E-state index contributed by atoms with van der Waals surface area (Å²) in [4.78, 5) is 7.21. The normalized spacial score (nSPS) is 15.1. The van der Waals surface area contributed by atoms with Crippen LogP contribution in [0.15, 0.2) is 59.2 Å². The number of hydrogen-bond donors (Lipinski definition) is 0. The van der Waals surface area contributed by atoms with Crippen LogP contribution in [0.4, 0.5) is 5.69 Å². The number of ether oxygens (including phenoxy) is 1. The third-order valence-corrected chi connectivity index (χ3v) is 6.94. The SMILES string of the molecule is COc1ccc(N2CCN(Cc3cn4c(-c5ccc(Br)cc5)nnc4s3)CC2)cc1. The number of halogens is 1. The predicted octanol–water partition coefficient (Wildman–Crippen LogP) is 4.55. The van der Waals surface area contributed by atoms with Crippen LogP contribution < -0.4 is 9.64 Å². The summed E-state index contributed by atoms with van der Waals surface area (Å²) in [6, 6.07) is 16.5. The molecule has 0 saturated carbocycles. The number of hydrogen-bond acceptors (Lipinski definition) is 6. The van der Waals surface area contributed by atoms with Crippen molar-refractivity contribution in [3.63, 3.8) is 0 Å². The zero-order valence-corrected chi connectivity index (χ0v) is 19.1. The summed E-state index contributed by atoms with van der Waals surface area (Å²) in [5.41, 5.74) is 2.33. The second-order valence-electron chi connectivity index (χ2n) is 7.34. The Morgan fingerprint density at radius 1 is 0.967 bits per heavy atom. The molecule has 1 aliphatic heterocycles. The molecule has 5 rings (SSSR count). The Morgan fingerprint density at radius 2 is 1.70 bits per heavy atom. The minimum absolute atomic E-state index is 0.893. The molecule has 0 bridgehead atoms. The van der Waals surface area contributed by atoms with Gasteiger partial charge in [0.05, 0.1) is 7.11 Å². The van der Waals surface area contributed by atoms with Crippen molar-refractivity contribution < 1.29 is 4.74 Å². The number of anilines is 1. The maximum absolute atomic E-state index is 5.26. The Labute approximate surface area is 187 Å². The van der Waals surface area contributed by atoms with Crippen molar-refractivity contribution in [3.05, 3.63) is 64.1 Å². The van der Waals surface area contributed by atoms with E-state index in [0.717, 1.165) is 59.3 Å². The molecule has 154 valence electrons. The first kappa shape index (κ1) is 19.5. The van der Waals surface area contributed by atoms with Crippen LogP contribution in [-0.2, 0) is 6.54 Å². The van der Waals surface area contributed by atoms with E-state index in [1.54, 1.807) is 18.4 Å².